The number of benzene rings is 1. The number of piperazine rings is 1. The summed E-state index contributed by atoms with van der Waals surface area (Å²) in [6.07, 6.45) is 3.68. The Morgan fingerprint density at radius 3 is 2.51 bits per heavy atom. The lowest BCUT2D eigenvalue weighted by atomic mass is 10.1. The molecule has 13 nitrogen and oxygen atoms in total. The van der Waals surface area contributed by atoms with E-state index in [2.05, 4.69) is 49.1 Å². The number of anilines is 2. The van der Waals surface area contributed by atoms with Crippen molar-refractivity contribution in [2.75, 3.05) is 56.6 Å². The normalized spacial score (nSPS) is 17.1. The van der Waals surface area contributed by atoms with Crippen LogP contribution in [0.1, 0.15) is 12.8 Å². The highest BCUT2D eigenvalue weighted by atomic mass is 16.5. The van der Waals surface area contributed by atoms with Crippen molar-refractivity contribution in [2.45, 2.75) is 25.5 Å². The minimum absolute atomic E-state index is 0.162. The van der Waals surface area contributed by atoms with Crippen molar-refractivity contribution in [3.8, 4) is 17.3 Å². The Bertz CT molecular complexity index is 1710. The van der Waals surface area contributed by atoms with E-state index in [-0.39, 0.29) is 17.7 Å². The molecule has 0 atom stereocenters. The zero-order valence-electron chi connectivity index (χ0n) is 23.0. The predicted molar refractivity (Wildman–Crippen MR) is 153 cm³/mol. The second-order valence-electron chi connectivity index (χ2n) is 10.5. The molecule has 214 valence electrons. The summed E-state index contributed by atoms with van der Waals surface area (Å²) in [5.74, 6) is 1.98. The molecule has 0 amide bonds. The quantitative estimate of drug-likeness (QED) is 0.316. The molecule has 6 heterocycles. The fourth-order valence-corrected chi connectivity index (χ4v) is 5.69. The van der Waals surface area contributed by atoms with Crippen LogP contribution >= 0.6 is 0 Å². The lowest BCUT2D eigenvalue weighted by Crippen LogP contribution is -2.47. The molecule has 2 aliphatic rings. The molecule has 13 heteroatoms. The van der Waals surface area contributed by atoms with E-state index in [1.807, 2.05) is 0 Å². The molecular formula is C28H33N9O4. The number of nitrogens with zero attached hydrogens (tertiary/aromatic N) is 8. The van der Waals surface area contributed by atoms with Crippen LogP contribution in [0.2, 0.25) is 0 Å². The Labute approximate surface area is 235 Å². The summed E-state index contributed by atoms with van der Waals surface area (Å²) in [5.41, 5.74) is 8.84. The van der Waals surface area contributed by atoms with Gasteiger partial charge in [0.25, 0.3) is 0 Å². The van der Waals surface area contributed by atoms with Gasteiger partial charge < -0.3 is 24.5 Å². The Morgan fingerprint density at radius 1 is 1.00 bits per heavy atom. The van der Waals surface area contributed by atoms with E-state index in [1.165, 1.54) is 10.2 Å². The van der Waals surface area contributed by atoms with Gasteiger partial charge in [0.15, 0.2) is 17.1 Å². The van der Waals surface area contributed by atoms with Crippen LogP contribution in [0.15, 0.2) is 51.9 Å². The van der Waals surface area contributed by atoms with E-state index in [0.29, 0.717) is 34.9 Å². The molecule has 0 aliphatic carbocycles. The number of imidazole rings is 1. The minimum atomic E-state index is -0.163. The topological polar surface area (TPSA) is 134 Å². The molecule has 5 aromatic rings. The van der Waals surface area contributed by atoms with Crippen LogP contribution in [-0.2, 0) is 18.3 Å². The maximum atomic E-state index is 13.3. The van der Waals surface area contributed by atoms with Gasteiger partial charge in [0.2, 0.25) is 11.8 Å². The first kappa shape index (κ1) is 25.6. The van der Waals surface area contributed by atoms with E-state index in [9.17, 15) is 4.79 Å². The lowest BCUT2D eigenvalue weighted by molar-refractivity contribution is 0.0256. The fraction of sp³-hybridized carbons (Fsp3) is 0.429. The van der Waals surface area contributed by atoms with Crippen molar-refractivity contribution in [3.05, 3.63) is 53.1 Å². The van der Waals surface area contributed by atoms with Gasteiger partial charge in [-0.15, -0.1) is 5.10 Å². The van der Waals surface area contributed by atoms with Crippen molar-refractivity contribution in [1.29, 1.82) is 0 Å². The van der Waals surface area contributed by atoms with Crippen LogP contribution < -0.4 is 21.1 Å². The molecule has 0 radical (unpaired) electrons. The van der Waals surface area contributed by atoms with Gasteiger partial charge in [-0.1, -0.05) is 0 Å². The number of rotatable bonds is 7. The minimum Gasteiger partial charge on any atom is -0.490 e. The summed E-state index contributed by atoms with van der Waals surface area (Å²) < 4.78 is 21.7. The van der Waals surface area contributed by atoms with Crippen molar-refractivity contribution < 1.29 is 13.9 Å². The highest BCUT2D eigenvalue weighted by molar-refractivity contribution is 5.88. The summed E-state index contributed by atoms with van der Waals surface area (Å²) in [4.78, 5) is 27.2. The Hall–Kier alpha value is -4.36. The van der Waals surface area contributed by atoms with Gasteiger partial charge in [0, 0.05) is 64.8 Å². The van der Waals surface area contributed by atoms with E-state index in [1.54, 1.807) is 34.6 Å². The highest BCUT2D eigenvalue weighted by Crippen LogP contribution is 2.25. The predicted octanol–water partition coefficient (Wildman–Crippen LogP) is 2.00. The zero-order valence-corrected chi connectivity index (χ0v) is 23.0. The van der Waals surface area contributed by atoms with Gasteiger partial charge in [-0.25, -0.2) is 9.78 Å². The van der Waals surface area contributed by atoms with E-state index in [0.717, 1.165) is 64.5 Å². The second-order valence-corrected chi connectivity index (χ2v) is 10.5. The molecular weight excluding hydrogens is 526 g/mol. The second kappa shape index (κ2) is 10.6. The fourth-order valence-electron chi connectivity index (χ4n) is 5.69. The molecule has 2 fully saturated rings. The smallest absolute Gasteiger partial charge is 0.330 e. The number of ether oxygens (including phenoxy) is 2. The average molecular weight is 560 g/mol. The lowest BCUT2D eigenvalue weighted by Gasteiger charge is -2.36. The van der Waals surface area contributed by atoms with Crippen LogP contribution in [0.5, 0.6) is 5.75 Å². The van der Waals surface area contributed by atoms with Crippen LogP contribution in [0, 0.1) is 0 Å². The Balaban J connectivity index is 1.02. The first-order chi connectivity index (χ1) is 20.0. The first-order valence-electron chi connectivity index (χ1n) is 14.0. The number of nitrogens with two attached hydrogens (primary N) is 1. The molecule has 1 aromatic carbocycles. The van der Waals surface area contributed by atoms with Crippen LogP contribution in [-0.4, -0.2) is 85.7 Å². The number of furan rings is 1. The number of aromatic nitrogens is 6. The monoisotopic (exact) mass is 559 g/mol. The van der Waals surface area contributed by atoms with Gasteiger partial charge in [-0.2, -0.15) is 9.50 Å². The van der Waals surface area contributed by atoms with Crippen molar-refractivity contribution in [1.82, 2.24) is 33.6 Å². The van der Waals surface area contributed by atoms with Gasteiger partial charge in [-0.05, 0) is 36.4 Å². The molecule has 0 unspecified atom stereocenters. The Kier molecular flexibility index (Phi) is 6.59. The van der Waals surface area contributed by atoms with E-state index < -0.39 is 0 Å². The van der Waals surface area contributed by atoms with Crippen LogP contribution in [0.3, 0.4) is 0 Å². The van der Waals surface area contributed by atoms with E-state index >= 15 is 0 Å². The third-order valence-corrected chi connectivity index (χ3v) is 8.00. The summed E-state index contributed by atoms with van der Waals surface area (Å²) in [5, 5.41) is 4.44. The number of aryl methyl sites for hydroxylation is 1. The molecule has 0 saturated carbocycles. The standard InChI is InChI=1S/C28H33N9O4/c1-33-23-25(31-27(29)37-26(23)30-24(32-37)22-3-2-16-40-22)36(28(33)38)15-12-34-10-13-35(14-11-34)19-4-6-20(7-5-19)41-21-8-17-39-18-9-21/h2-7,16,21H,8-15,17-18H2,1H3,(H2,29,31). The summed E-state index contributed by atoms with van der Waals surface area (Å²) in [7, 11) is 1.72. The summed E-state index contributed by atoms with van der Waals surface area (Å²) >= 11 is 0. The number of fused-ring (bicyclic) bond motifs is 3. The molecule has 41 heavy (non-hydrogen) atoms. The molecule has 2 aliphatic heterocycles. The first-order valence-corrected chi connectivity index (χ1v) is 14.0. The molecule has 0 spiro atoms. The molecule has 4 aromatic heterocycles. The molecule has 0 bridgehead atoms. The van der Waals surface area contributed by atoms with Crippen molar-refractivity contribution >= 4 is 28.4 Å². The largest absolute Gasteiger partial charge is 0.490 e. The number of hydrogen-bond acceptors (Lipinski definition) is 10. The maximum absolute atomic E-state index is 13.3. The molecule has 7 rings (SSSR count). The third-order valence-electron chi connectivity index (χ3n) is 8.00. The Morgan fingerprint density at radius 2 is 1.78 bits per heavy atom. The van der Waals surface area contributed by atoms with Gasteiger partial charge in [0.1, 0.15) is 17.4 Å². The average Bonchev–Trinajstić information content (AvgIpc) is 3.74. The summed E-state index contributed by atoms with van der Waals surface area (Å²) in [6.45, 7) is 6.37. The van der Waals surface area contributed by atoms with Crippen LogP contribution in [0.25, 0.3) is 28.4 Å². The third kappa shape index (κ3) is 4.80. The van der Waals surface area contributed by atoms with E-state index in [4.69, 9.17) is 19.6 Å². The van der Waals surface area contributed by atoms with Gasteiger partial charge >= 0.3 is 5.69 Å². The van der Waals surface area contributed by atoms with Gasteiger partial charge in [-0.3, -0.25) is 14.0 Å². The van der Waals surface area contributed by atoms with Crippen LogP contribution in [0.4, 0.5) is 11.6 Å². The van der Waals surface area contributed by atoms with Crippen molar-refractivity contribution in [3.63, 3.8) is 0 Å². The summed E-state index contributed by atoms with van der Waals surface area (Å²) in [6, 6.07) is 11.9. The molecule has 2 N–H and O–H groups in total. The van der Waals surface area contributed by atoms with Gasteiger partial charge in [0.05, 0.1) is 19.5 Å². The van der Waals surface area contributed by atoms with Crippen molar-refractivity contribution in [2.24, 2.45) is 7.05 Å². The number of hydrogen-bond donors (Lipinski definition) is 1. The molecule has 2 saturated heterocycles. The highest BCUT2D eigenvalue weighted by Gasteiger charge is 2.23. The number of nitrogen functional groups attached to an aromatic ring is 1. The maximum Gasteiger partial charge on any atom is 0.330 e. The SMILES string of the molecule is Cn1c(=O)n(CCN2CCN(c3ccc(OC4CCOCC4)cc3)CC2)c2nc(N)n3nc(-c4ccco4)nc3c21. The zero-order chi connectivity index (χ0) is 27.9.